The third-order valence-electron chi connectivity index (χ3n) is 6.77. The van der Waals surface area contributed by atoms with Crippen molar-refractivity contribution >= 4 is 28.8 Å². The maximum atomic E-state index is 13.0. The number of imidazole rings is 1. The second kappa shape index (κ2) is 9.95. The topological polar surface area (TPSA) is 82.5 Å². The van der Waals surface area contributed by atoms with Crippen molar-refractivity contribution in [2.45, 2.75) is 32.4 Å². The number of nitrogens with one attached hydrogen (secondary N) is 2. The molecule has 2 N–H and O–H groups in total. The molecule has 1 aromatic heterocycles. The van der Waals surface area contributed by atoms with E-state index in [9.17, 15) is 9.59 Å². The predicted octanol–water partition coefficient (Wildman–Crippen LogP) is 2.95. The molecule has 0 aliphatic carbocycles. The molecule has 0 saturated carbocycles. The molecule has 2 aromatic carbocycles. The van der Waals surface area contributed by atoms with E-state index in [2.05, 4.69) is 50.2 Å². The highest BCUT2D eigenvalue weighted by Crippen LogP contribution is 2.24. The van der Waals surface area contributed by atoms with Crippen molar-refractivity contribution in [2.24, 2.45) is 0 Å². The van der Waals surface area contributed by atoms with Gasteiger partial charge in [0.1, 0.15) is 0 Å². The highest BCUT2D eigenvalue weighted by Gasteiger charge is 2.18. The Hall–Kier alpha value is -3.23. The SMILES string of the molecule is CN1CCN(Cc2ccc3nc4n(c3c2)CCCCCNC(=O)c2cccc(c2)C(=O)N4)CC1. The van der Waals surface area contributed by atoms with Gasteiger partial charge in [-0.3, -0.25) is 19.8 Å². The van der Waals surface area contributed by atoms with Gasteiger partial charge in [0.25, 0.3) is 11.8 Å². The molecule has 34 heavy (non-hydrogen) atoms. The van der Waals surface area contributed by atoms with E-state index in [0.717, 1.165) is 69.6 Å². The molecule has 8 heteroatoms. The molecule has 0 unspecified atom stereocenters. The van der Waals surface area contributed by atoms with Crippen LogP contribution in [0.3, 0.4) is 0 Å². The molecule has 5 rings (SSSR count). The van der Waals surface area contributed by atoms with Crippen molar-refractivity contribution in [3.63, 3.8) is 0 Å². The number of carbonyl (C=O) groups is 2. The van der Waals surface area contributed by atoms with Crippen LogP contribution in [0.2, 0.25) is 0 Å². The van der Waals surface area contributed by atoms with E-state index in [4.69, 9.17) is 4.98 Å². The van der Waals surface area contributed by atoms with Gasteiger partial charge in [0.15, 0.2) is 0 Å². The monoisotopic (exact) mass is 460 g/mol. The lowest BCUT2D eigenvalue weighted by Crippen LogP contribution is -2.43. The van der Waals surface area contributed by atoms with Crippen molar-refractivity contribution in [3.8, 4) is 0 Å². The number of amides is 2. The van der Waals surface area contributed by atoms with E-state index in [1.807, 2.05) is 0 Å². The minimum atomic E-state index is -0.263. The van der Waals surface area contributed by atoms with Gasteiger partial charge in [0, 0.05) is 56.9 Å². The zero-order valence-electron chi connectivity index (χ0n) is 19.7. The first kappa shape index (κ1) is 22.6. The molecule has 2 aliphatic rings. The molecule has 0 atom stereocenters. The van der Waals surface area contributed by atoms with Crippen LogP contribution in [0.4, 0.5) is 5.95 Å². The van der Waals surface area contributed by atoms with E-state index in [1.54, 1.807) is 24.3 Å². The third-order valence-corrected chi connectivity index (χ3v) is 6.77. The second-order valence-corrected chi connectivity index (χ2v) is 9.34. The van der Waals surface area contributed by atoms with E-state index >= 15 is 0 Å². The summed E-state index contributed by atoms with van der Waals surface area (Å²) >= 11 is 0. The molecular formula is C26H32N6O2. The summed E-state index contributed by atoms with van der Waals surface area (Å²) in [5.41, 5.74) is 4.13. The Bertz CT molecular complexity index is 1200. The molecule has 178 valence electrons. The van der Waals surface area contributed by atoms with Gasteiger partial charge in [-0.05, 0) is 62.2 Å². The van der Waals surface area contributed by atoms with Gasteiger partial charge in [-0.1, -0.05) is 12.1 Å². The number of hydrogen-bond donors (Lipinski definition) is 2. The first-order valence-electron chi connectivity index (χ1n) is 12.2. The lowest BCUT2D eigenvalue weighted by atomic mass is 10.1. The summed E-state index contributed by atoms with van der Waals surface area (Å²) in [6.45, 7) is 6.65. The molecule has 2 amide bonds. The number of rotatable bonds is 2. The molecule has 1 saturated heterocycles. The summed E-state index contributed by atoms with van der Waals surface area (Å²) in [4.78, 5) is 35.1. The zero-order chi connectivity index (χ0) is 23.5. The van der Waals surface area contributed by atoms with Gasteiger partial charge < -0.3 is 14.8 Å². The van der Waals surface area contributed by atoms with Crippen LogP contribution >= 0.6 is 0 Å². The van der Waals surface area contributed by atoms with Gasteiger partial charge in [-0.15, -0.1) is 0 Å². The Kier molecular flexibility index (Phi) is 6.60. The quantitative estimate of drug-likeness (QED) is 0.615. The lowest BCUT2D eigenvalue weighted by molar-refractivity contribution is 0.0953. The normalized spacial score (nSPS) is 18.7. The Balaban J connectivity index is 1.45. The predicted molar refractivity (Wildman–Crippen MR) is 133 cm³/mol. The molecule has 3 heterocycles. The van der Waals surface area contributed by atoms with Crippen LogP contribution in [0.15, 0.2) is 42.5 Å². The van der Waals surface area contributed by atoms with Gasteiger partial charge in [0.2, 0.25) is 5.95 Å². The average Bonchev–Trinajstić information content (AvgIpc) is 3.18. The van der Waals surface area contributed by atoms with Crippen LogP contribution in [0.1, 0.15) is 45.5 Å². The van der Waals surface area contributed by atoms with Crippen LogP contribution < -0.4 is 10.6 Å². The van der Waals surface area contributed by atoms with Crippen molar-refractivity contribution in [1.29, 1.82) is 0 Å². The lowest BCUT2D eigenvalue weighted by Gasteiger charge is -2.32. The number of benzene rings is 2. The fourth-order valence-corrected chi connectivity index (χ4v) is 4.70. The summed E-state index contributed by atoms with van der Waals surface area (Å²) < 4.78 is 2.13. The van der Waals surface area contributed by atoms with Crippen LogP contribution in [0, 0.1) is 0 Å². The second-order valence-electron chi connectivity index (χ2n) is 9.34. The molecule has 2 aliphatic heterocycles. The smallest absolute Gasteiger partial charge is 0.257 e. The maximum Gasteiger partial charge on any atom is 0.257 e. The molecule has 0 spiro atoms. The van der Waals surface area contributed by atoms with Crippen molar-refractivity contribution in [1.82, 2.24) is 24.7 Å². The number of carbonyl (C=O) groups excluding carboxylic acids is 2. The van der Waals surface area contributed by atoms with Crippen LogP contribution in [0.5, 0.6) is 0 Å². The van der Waals surface area contributed by atoms with Crippen LogP contribution in [-0.2, 0) is 13.1 Å². The number of nitrogens with zero attached hydrogens (tertiary/aromatic N) is 4. The Morgan fingerprint density at radius 2 is 1.68 bits per heavy atom. The fraction of sp³-hybridized carbons (Fsp3) is 0.423. The van der Waals surface area contributed by atoms with E-state index in [0.29, 0.717) is 23.6 Å². The number of aromatic nitrogens is 2. The van der Waals surface area contributed by atoms with Crippen LogP contribution in [0.25, 0.3) is 11.0 Å². The maximum absolute atomic E-state index is 13.0. The summed E-state index contributed by atoms with van der Waals surface area (Å²) in [6.07, 6.45) is 2.83. The first-order chi connectivity index (χ1) is 16.6. The van der Waals surface area contributed by atoms with Crippen molar-refractivity contribution in [3.05, 3.63) is 59.2 Å². The minimum absolute atomic E-state index is 0.146. The number of likely N-dealkylation sites (N-methyl/N-ethyl adjacent to an activating group) is 1. The van der Waals surface area contributed by atoms with E-state index < -0.39 is 0 Å². The largest absolute Gasteiger partial charge is 0.352 e. The Morgan fingerprint density at radius 1 is 0.882 bits per heavy atom. The summed E-state index contributed by atoms with van der Waals surface area (Å²) in [7, 11) is 2.17. The summed E-state index contributed by atoms with van der Waals surface area (Å²) in [6, 6.07) is 13.3. The number of aryl methyl sites for hydroxylation is 1. The van der Waals surface area contributed by atoms with Crippen molar-refractivity contribution in [2.75, 3.05) is 45.1 Å². The minimum Gasteiger partial charge on any atom is -0.352 e. The molecule has 1 fully saturated rings. The average molecular weight is 461 g/mol. The van der Waals surface area contributed by atoms with E-state index in [-0.39, 0.29) is 11.8 Å². The molecule has 2 bridgehead atoms. The van der Waals surface area contributed by atoms with Gasteiger partial charge >= 0.3 is 0 Å². The number of anilines is 1. The highest BCUT2D eigenvalue weighted by atomic mass is 16.2. The van der Waals surface area contributed by atoms with Crippen molar-refractivity contribution < 1.29 is 9.59 Å². The summed E-state index contributed by atoms with van der Waals surface area (Å²) in [5, 5.41) is 5.95. The Labute approximate surface area is 199 Å². The number of piperazine rings is 1. The van der Waals surface area contributed by atoms with Gasteiger partial charge in [0.05, 0.1) is 11.0 Å². The van der Waals surface area contributed by atoms with Gasteiger partial charge in [-0.2, -0.15) is 0 Å². The summed E-state index contributed by atoms with van der Waals surface area (Å²) in [5.74, 6) is 0.149. The zero-order valence-corrected chi connectivity index (χ0v) is 19.7. The van der Waals surface area contributed by atoms with E-state index in [1.165, 1.54) is 5.56 Å². The molecule has 3 aromatic rings. The number of hydrogen-bond acceptors (Lipinski definition) is 5. The molecule has 8 nitrogen and oxygen atoms in total. The highest BCUT2D eigenvalue weighted by molar-refractivity contribution is 6.06. The van der Waals surface area contributed by atoms with Gasteiger partial charge in [-0.25, -0.2) is 4.98 Å². The standard InChI is InChI=1S/C26H32N6O2/c1-30-12-14-31(15-13-30)18-19-8-9-22-23(16-19)32-11-4-2-3-10-27-24(33)20-6-5-7-21(17-20)25(34)29-26(32)28-22/h5-9,16-17H,2-4,10-15,18H2,1H3,(H,27,33)(H,28,29,34). The fourth-order valence-electron chi connectivity index (χ4n) is 4.70. The molecular weight excluding hydrogens is 428 g/mol. The van der Waals surface area contributed by atoms with Crippen LogP contribution in [-0.4, -0.2) is 70.9 Å². The third kappa shape index (κ3) is 4.98. The first-order valence-corrected chi connectivity index (χ1v) is 12.2. The Morgan fingerprint density at radius 3 is 2.50 bits per heavy atom. The number of fused-ring (bicyclic) bond motifs is 5. The molecule has 0 radical (unpaired) electrons.